The summed E-state index contributed by atoms with van der Waals surface area (Å²) in [5, 5.41) is 5.99. The molecule has 0 amide bonds. The monoisotopic (exact) mass is 597 g/mol. The fourth-order valence-electron chi connectivity index (χ4n) is 4.82. The maximum Gasteiger partial charge on any atom is 0.175 e. The van der Waals surface area contributed by atoms with Crippen molar-refractivity contribution in [2.24, 2.45) is 5.92 Å². The maximum absolute atomic E-state index is 6.59. The van der Waals surface area contributed by atoms with Crippen molar-refractivity contribution in [3.05, 3.63) is 95.9 Å². The predicted octanol–water partition coefficient (Wildman–Crippen LogP) is 9.48. The predicted molar refractivity (Wildman–Crippen MR) is 144 cm³/mol. The highest BCUT2D eigenvalue weighted by Gasteiger charge is 2.39. The highest BCUT2D eigenvalue weighted by molar-refractivity contribution is 9.10. The summed E-state index contributed by atoms with van der Waals surface area (Å²) >= 11 is 28.8. The van der Waals surface area contributed by atoms with Crippen LogP contribution in [0.25, 0.3) is 0 Å². The molecular weight excluding hydrogens is 580 g/mol. The van der Waals surface area contributed by atoms with Crippen LogP contribution in [0.15, 0.2) is 59.1 Å². The average molecular weight is 600 g/mol. The molecular formula is C26H20BrCl4NO2. The molecule has 3 aromatic rings. The molecule has 5 rings (SSSR count). The van der Waals surface area contributed by atoms with Crippen LogP contribution in [0.2, 0.25) is 20.1 Å². The Balaban J connectivity index is 1.46. The summed E-state index contributed by atoms with van der Waals surface area (Å²) in [5.74, 6) is 1.82. The molecule has 0 fully saturated rings. The highest BCUT2D eigenvalue weighted by atomic mass is 79.9. The molecule has 0 saturated heterocycles. The molecule has 0 unspecified atom stereocenters. The van der Waals surface area contributed by atoms with Crippen LogP contribution in [-0.4, -0.2) is 7.11 Å². The van der Waals surface area contributed by atoms with Crippen LogP contribution in [0.4, 0.5) is 5.69 Å². The van der Waals surface area contributed by atoms with Gasteiger partial charge in [-0.2, -0.15) is 0 Å². The molecule has 1 aliphatic heterocycles. The third-order valence-electron chi connectivity index (χ3n) is 6.36. The van der Waals surface area contributed by atoms with Gasteiger partial charge < -0.3 is 14.8 Å². The first-order valence-corrected chi connectivity index (χ1v) is 13.0. The van der Waals surface area contributed by atoms with Gasteiger partial charge in [0.25, 0.3) is 0 Å². The number of hydrogen-bond acceptors (Lipinski definition) is 3. The van der Waals surface area contributed by atoms with Crippen molar-refractivity contribution in [1.82, 2.24) is 0 Å². The van der Waals surface area contributed by atoms with Crippen molar-refractivity contribution >= 4 is 68.0 Å². The van der Waals surface area contributed by atoms with E-state index in [-0.39, 0.29) is 12.0 Å². The van der Waals surface area contributed by atoms with Gasteiger partial charge in [-0.3, -0.25) is 0 Å². The Morgan fingerprint density at radius 2 is 1.82 bits per heavy atom. The molecule has 8 heteroatoms. The number of ether oxygens (including phenoxy) is 2. The zero-order valence-electron chi connectivity index (χ0n) is 18.0. The van der Waals surface area contributed by atoms with Gasteiger partial charge in [0, 0.05) is 27.2 Å². The Bertz CT molecular complexity index is 1300. The number of halogens is 5. The molecule has 0 bridgehead atoms. The van der Waals surface area contributed by atoms with Crippen molar-refractivity contribution in [2.75, 3.05) is 12.4 Å². The van der Waals surface area contributed by atoms with Crippen LogP contribution in [0.3, 0.4) is 0 Å². The maximum atomic E-state index is 6.59. The SMILES string of the molecule is COc1cc([C@@H]2Nc3cc(Cl)cc(Cl)c3[C@@H]3C=CC[C@@H]32)cc(Br)c1OCc1ccc(Cl)c(Cl)c1. The summed E-state index contributed by atoms with van der Waals surface area (Å²) in [4.78, 5) is 0. The highest BCUT2D eigenvalue weighted by Crippen LogP contribution is 2.53. The van der Waals surface area contributed by atoms with E-state index in [1.165, 1.54) is 0 Å². The molecule has 34 heavy (non-hydrogen) atoms. The van der Waals surface area contributed by atoms with E-state index in [2.05, 4.69) is 39.5 Å². The van der Waals surface area contributed by atoms with Crippen LogP contribution in [0, 0.1) is 5.92 Å². The Morgan fingerprint density at radius 3 is 2.59 bits per heavy atom. The summed E-state index contributed by atoms with van der Waals surface area (Å²) < 4.78 is 12.6. The molecule has 176 valence electrons. The fourth-order valence-corrected chi connectivity index (χ4v) is 6.33. The van der Waals surface area contributed by atoms with Gasteiger partial charge in [0.15, 0.2) is 11.5 Å². The number of methoxy groups -OCH3 is 1. The van der Waals surface area contributed by atoms with Gasteiger partial charge in [0.2, 0.25) is 0 Å². The summed E-state index contributed by atoms with van der Waals surface area (Å²) in [6.07, 6.45) is 5.43. The van der Waals surface area contributed by atoms with E-state index in [1.54, 1.807) is 19.2 Å². The van der Waals surface area contributed by atoms with E-state index in [0.29, 0.717) is 44.1 Å². The van der Waals surface area contributed by atoms with E-state index in [4.69, 9.17) is 55.9 Å². The lowest BCUT2D eigenvalue weighted by Gasteiger charge is -2.38. The zero-order chi connectivity index (χ0) is 24.0. The van der Waals surface area contributed by atoms with Gasteiger partial charge in [-0.15, -0.1) is 0 Å². The summed E-state index contributed by atoms with van der Waals surface area (Å²) in [5.41, 5.74) is 4.07. The number of anilines is 1. The van der Waals surface area contributed by atoms with Gasteiger partial charge >= 0.3 is 0 Å². The molecule has 3 nitrogen and oxygen atoms in total. The van der Waals surface area contributed by atoms with E-state index in [0.717, 1.165) is 33.3 Å². The lowest BCUT2D eigenvalue weighted by atomic mass is 9.77. The van der Waals surface area contributed by atoms with Crippen molar-refractivity contribution in [2.45, 2.75) is 25.0 Å². The van der Waals surface area contributed by atoms with Crippen LogP contribution >= 0.6 is 62.3 Å². The molecule has 1 aliphatic carbocycles. The van der Waals surface area contributed by atoms with Gasteiger partial charge in [0.1, 0.15) is 6.61 Å². The molecule has 0 spiro atoms. The third kappa shape index (κ3) is 4.52. The lowest BCUT2D eigenvalue weighted by Crippen LogP contribution is -2.29. The van der Waals surface area contributed by atoms with Crippen LogP contribution in [-0.2, 0) is 6.61 Å². The minimum absolute atomic E-state index is 0.0522. The first-order valence-electron chi connectivity index (χ1n) is 10.7. The summed E-state index contributed by atoms with van der Waals surface area (Å²) in [6, 6.07) is 13.4. The molecule has 0 saturated carbocycles. The Hall–Kier alpha value is -1.56. The van der Waals surface area contributed by atoms with Crippen LogP contribution < -0.4 is 14.8 Å². The normalized spacial score (nSPS) is 20.5. The van der Waals surface area contributed by atoms with Crippen LogP contribution in [0.5, 0.6) is 11.5 Å². The number of benzene rings is 3. The molecule has 2 aliphatic rings. The second-order valence-corrected chi connectivity index (χ2v) is 10.9. The number of nitrogens with one attached hydrogen (secondary N) is 1. The largest absolute Gasteiger partial charge is 0.493 e. The fraction of sp³-hybridized carbons (Fsp3) is 0.231. The van der Waals surface area contributed by atoms with Gasteiger partial charge in [-0.05, 0) is 75.8 Å². The van der Waals surface area contributed by atoms with Gasteiger partial charge in [-0.25, -0.2) is 0 Å². The van der Waals surface area contributed by atoms with E-state index in [1.807, 2.05) is 24.3 Å². The van der Waals surface area contributed by atoms with E-state index >= 15 is 0 Å². The first kappa shape index (κ1) is 24.1. The topological polar surface area (TPSA) is 30.5 Å². The van der Waals surface area contributed by atoms with Crippen LogP contribution in [0.1, 0.15) is 35.1 Å². The standard InChI is InChI=1S/C26H20BrCl4NO2/c1-33-23-9-14(8-18(27)26(23)34-12-13-5-6-19(29)20(30)7-13)25-17-4-2-3-16(17)24-21(31)10-15(28)11-22(24)32-25/h2-3,5-11,16-17,25,32H,4,12H2,1H3/t16-,17+,25+/m1/s1. The molecule has 1 heterocycles. The number of fused-ring (bicyclic) bond motifs is 3. The van der Waals surface area contributed by atoms with E-state index in [9.17, 15) is 0 Å². The summed E-state index contributed by atoms with van der Waals surface area (Å²) in [6.45, 7) is 0.325. The minimum Gasteiger partial charge on any atom is -0.493 e. The van der Waals surface area contributed by atoms with Gasteiger partial charge in [-0.1, -0.05) is 64.6 Å². The zero-order valence-corrected chi connectivity index (χ0v) is 22.7. The second kappa shape index (κ2) is 9.83. The Kier molecular flexibility index (Phi) is 6.98. The number of rotatable bonds is 5. The Labute approximate surface area is 227 Å². The first-order chi connectivity index (χ1) is 16.4. The smallest absolute Gasteiger partial charge is 0.175 e. The molecule has 3 atom stereocenters. The molecule has 1 N–H and O–H groups in total. The van der Waals surface area contributed by atoms with Crippen molar-refractivity contribution in [3.8, 4) is 11.5 Å². The van der Waals surface area contributed by atoms with E-state index < -0.39 is 0 Å². The van der Waals surface area contributed by atoms with Gasteiger partial charge in [0.05, 0.1) is 27.7 Å². The summed E-state index contributed by atoms with van der Waals surface area (Å²) in [7, 11) is 1.64. The van der Waals surface area contributed by atoms with Crippen molar-refractivity contribution in [3.63, 3.8) is 0 Å². The molecule has 0 aromatic heterocycles. The lowest BCUT2D eigenvalue weighted by molar-refractivity contribution is 0.282. The third-order valence-corrected chi connectivity index (χ3v) is 8.22. The number of allylic oxidation sites excluding steroid dienone is 2. The quantitative estimate of drug-likeness (QED) is 0.296. The molecule has 0 radical (unpaired) electrons. The van der Waals surface area contributed by atoms with Crippen molar-refractivity contribution < 1.29 is 9.47 Å². The second-order valence-electron chi connectivity index (χ2n) is 8.40. The minimum atomic E-state index is 0.0522. The molecule has 3 aromatic carbocycles. The number of hydrogen-bond donors (Lipinski definition) is 1. The Morgan fingerprint density at radius 1 is 1.00 bits per heavy atom. The van der Waals surface area contributed by atoms with Crippen molar-refractivity contribution in [1.29, 1.82) is 0 Å². The average Bonchev–Trinajstić information content (AvgIpc) is 3.28.